The van der Waals surface area contributed by atoms with E-state index in [0.717, 1.165) is 45.9 Å². The molecule has 1 aromatic heterocycles. The summed E-state index contributed by atoms with van der Waals surface area (Å²) in [7, 11) is 0. The zero-order valence-electron chi connectivity index (χ0n) is 17.0. The Morgan fingerprint density at radius 3 is 2.77 bits per heavy atom. The molecule has 0 fully saturated rings. The number of amides is 1. The number of nitrogens with zero attached hydrogens (tertiary/aromatic N) is 5. The van der Waals surface area contributed by atoms with Crippen molar-refractivity contribution in [2.75, 3.05) is 23.0 Å². The van der Waals surface area contributed by atoms with Gasteiger partial charge < -0.3 is 4.90 Å². The van der Waals surface area contributed by atoms with Gasteiger partial charge in [-0.05, 0) is 44.0 Å². The quantitative estimate of drug-likeness (QED) is 0.655. The fourth-order valence-electron chi connectivity index (χ4n) is 4.56. The number of fused-ring (bicyclic) bond motifs is 4. The third-order valence-corrected chi connectivity index (χ3v) is 6.95. The van der Waals surface area contributed by atoms with Crippen LogP contribution in [0, 0.1) is 5.41 Å². The summed E-state index contributed by atoms with van der Waals surface area (Å²) in [6.45, 7) is 3.39. The van der Waals surface area contributed by atoms with Crippen LogP contribution in [0.4, 0.5) is 10.8 Å². The van der Waals surface area contributed by atoms with E-state index in [1.807, 2.05) is 53.4 Å². The monoisotopic (exact) mass is 428 g/mol. The summed E-state index contributed by atoms with van der Waals surface area (Å²) in [4.78, 5) is 22.0. The minimum atomic E-state index is -0.00436. The molecule has 3 aliphatic rings. The molecular formula is C23H20N6OS. The maximum Gasteiger partial charge on any atom is 0.261 e. The lowest BCUT2D eigenvalue weighted by Gasteiger charge is -2.40. The third-order valence-electron chi connectivity index (χ3n) is 5.94. The first-order chi connectivity index (χ1) is 15.2. The number of amidine groups is 1. The van der Waals surface area contributed by atoms with Crippen LogP contribution in [0.25, 0.3) is 10.2 Å². The number of hydrogen-bond acceptors (Lipinski definition) is 6. The summed E-state index contributed by atoms with van der Waals surface area (Å²) >= 11 is 1.52. The van der Waals surface area contributed by atoms with E-state index in [1.54, 1.807) is 5.01 Å². The van der Waals surface area contributed by atoms with E-state index in [4.69, 9.17) is 15.5 Å². The van der Waals surface area contributed by atoms with E-state index >= 15 is 0 Å². The van der Waals surface area contributed by atoms with Gasteiger partial charge in [-0.25, -0.2) is 4.98 Å². The van der Waals surface area contributed by atoms with E-state index in [9.17, 15) is 4.79 Å². The number of carbonyl (C=O) groups excluding carboxylic acids is 1. The fourth-order valence-corrected chi connectivity index (χ4v) is 5.48. The van der Waals surface area contributed by atoms with Crippen molar-refractivity contribution >= 4 is 49.8 Å². The summed E-state index contributed by atoms with van der Waals surface area (Å²) in [5.41, 5.74) is 4.09. The van der Waals surface area contributed by atoms with Gasteiger partial charge in [-0.1, -0.05) is 35.6 Å². The van der Waals surface area contributed by atoms with Crippen LogP contribution in [0.1, 0.15) is 30.1 Å². The highest BCUT2D eigenvalue weighted by Crippen LogP contribution is 2.40. The minimum absolute atomic E-state index is 0.00436. The minimum Gasteiger partial charge on any atom is -0.327 e. The van der Waals surface area contributed by atoms with Crippen molar-refractivity contribution < 1.29 is 4.79 Å². The zero-order chi connectivity index (χ0) is 21.1. The van der Waals surface area contributed by atoms with Crippen molar-refractivity contribution in [2.45, 2.75) is 19.8 Å². The lowest BCUT2D eigenvalue weighted by molar-refractivity contribution is 0.0792. The molecule has 154 valence electrons. The molecule has 3 aliphatic heterocycles. The van der Waals surface area contributed by atoms with E-state index < -0.39 is 0 Å². The second-order valence-corrected chi connectivity index (χ2v) is 8.70. The van der Waals surface area contributed by atoms with Gasteiger partial charge in [-0.2, -0.15) is 10.1 Å². The van der Waals surface area contributed by atoms with Crippen molar-refractivity contribution in [1.82, 2.24) is 9.88 Å². The van der Waals surface area contributed by atoms with Crippen LogP contribution in [-0.2, 0) is 0 Å². The SMILES string of the molecule is CCN1C2=C3C(=N)N(c4nc5ccccc5s4)N=C3CCCN2C(=O)c2ccccc21. The van der Waals surface area contributed by atoms with Gasteiger partial charge in [-0.15, -0.1) is 0 Å². The molecule has 0 radical (unpaired) electrons. The Hall–Kier alpha value is -3.52. The molecule has 0 aliphatic carbocycles. The van der Waals surface area contributed by atoms with Crippen LogP contribution >= 0.6 is 11.3 Å². The average molecular weight is 429 g/mol. The number of rotatable bonds is 2. The molecule has 8 heteroatoms. The van der Waals surface area contributed by atoms with Crippen molar-refractivity contribution in [3.63, 3.8) is 0 Å². The van der Waals surface area contributed by atoms with Crippen molar-refractivity contribution in [3.05, 3.63) is 65.5 Å². The van der Waals surface area contributed by atoms with Gasteiger partial charge in [0.15, 0.2) is 5.84 Å². The van der Waals surface area contributed by atoms with Crippen LogP contribution in [0.3, 0.4) is 0 Å². The number of hydrazone groups is 1. The third kappa shape index (κ3) is 2.58. The second-order valence-electron chi connectivity index (χ2n) is 7.69. The Morgan fingerprint density at radius 2 is 1.94 bits per heavy atom. The number of carbonyl (C=O) groups is 1. The molecule has 6 rings (SSSR count). The summed E-state index contributed by atoms with van der Waals surface area (Å²) in [5.74, 6) is 1.05. The molecular weight excluding hydrogens is 408 g/mol. The summed E-state index contributed by atoms with van der Waals surface area (Å²) in [5, 5.41) is 16.1. The number of para-hydroxylation sites is 2. The molecule has 0 saturated heterocycles. The Balaban J connectivity index is 1.53. The summed E-state index contributed by atoms with van der Waals surface area (Å²) in [6.07, 6.45) is 1.53. The predicted octanol–water partition coefficient (Wildman–Crippen LogP) is 4.44. The van der Waals surface area contributed by atoms with Gasteiger partial charge >= 0.3 is 0 Å². The molecule has 0 bridgehead atoms. The van der Waals surface area contributed by atoms with Crippen LogP contribution in [0.15, 0.2) is 65.0 Å². The molecule has 0 spiro atoms. The Labute approximate surface area is 183 Å². The van der Waals surface area contributed by atoms with E-state index in [1.165, 1.54) is 11.3 Å². The first-order valence-electron chi connectivity index (χ1n) is 10.4. The number of anilines is 2. The predicted molar refractivity (Wildman–Crippen MR) is 124 cm³/mol. The Bertz CT molecular complexity index is 1290. The number of nitrogens with one attached hydrogen (secondary N) is 1. The number of aromatic nitrogens is 1. The Kier molecular flexibility index (Phi) is 3.97. The second kappa shape index (κ2) is 6.75. The first kappa shape index (κ1) is 18.3. The van der Waals surface area contributed by atoms with E-state index in [0.29, 0.717) is 23.8 Å². The van der Waals surface area contributed by atoms with Crippen LogP contribution in [-0.4, -0.2) is 40.4 Å². The highest BCUT2D eigenvalue weighted by Gasteiger charge is 2.42. The molecule has 0 saturated carbocycles. The molecule has 0 unspecified atom stereocenters. The lowest BCUT2D eigenvalue weighted by atomic mass is 10.0. The maximum absolute atomic E-state index is 13.4. The van der Waals surface area contributed by atoms with Gasteiger partial charge in [0.1, 0.15) is 5.82 Å². The van der Waals surface area contributed by atoms with Gasteiger partial charge in [0.25, 0.3) is 5.91 Å². The van der Waals surface area contributed by atoms with Gasteiger partial charge in [0.05, 0.1) is 32.8 Å². The Morgan fingerprint density at radius 1 is 1.13 bits per heavy atom. The molecule has 31 heavy (non-hydrogen) atoms. The van der Waals surface area contributed by atoms with Crippen molar-refractivity contribution in [2.24, 2.45) is 5.10 Å². The highest BCUT2D eigenvalue weighted by molar-refractivity contribution is 7.22. The molecule has 3 aromatic rings. The molecule has 0 atom stereocenters. The average Bonchev–Trinajstić information content (AvgIpc) is 3.30. The smallest absolute Gasteiger partial charge is 0.261 e. The zero-order valence-corrected chi connectivity index (χ0v) is 17.8. The first-order valence-corrected chi connectivity index (χ1v) is 11.2. The number of hydrogen-bond donors (Lipinski definition) is 1. The number of thiazole rings is 1. The van der Waals surface area contributed by atoms with E-state index in [2.05, 4.69) is 11.8 Å². The standard InChI is InChI=1S/C23H20N6OS/c1-2-27-17-11-5-3-8-14(17)22(30)28-13-7-10-16-19(21(27)28)20(24)29(26-16)23-25-15-9-4-6-12-18(15)31-23/h3-6,8-9,11-12,24H,2,7,10,13H2,1H3. The van der Waals surface area contributed by atoms with Crippen LogP contribution in [0.5, 0.6) is 0 Å². The van der Waals surface area contributed by atoms with Crippen LogP contribution < -0.4 is 9.91 Å². The topological polar surface area (TPSA) is 75.9 Å². The molecule has 7 nitrogen and oxygen atoms in total. The number of benzene rings is 2. The van der Waals surface area contributed by atoms with Crippen LogP contribution in [0.2, 0.25) is 0 Å². The fraction of sp³-hybridized carbons (Fsp3) is 0.217. The van der Waals surface area contributed by atoms with Crippen molar-refractivity contribution in [1.29, 1.82) is 5.41 Å². The van der Waals surface area contributed by atoms with Gasteiger partial charge in [-0.3, -0.25) is 15.1 Å². The largest absolute Gasteiger partial charge is 0.327 e. The molecule has 2 aromatic carbocycles. The highest BCUT2D eigenvalue weighted by atomic mass is 32.1. The normalized spacial score (nSPS) is 18.2. The molecule has 1 amide bonds. The van der Waals surface area contributed by atoms with Gasteiger partial charge in [0, 0.05) is 13.1 Å². The lowest BCUT2D eigenvalue weighted by Crippen LogP contribution is -2.46. The maximum atomic E-state index is 13.4. The summed E-state index contributed by atoms with van der Waals surface area (Å²) in [6, 6.07) is 15.7. The molecule has 4 heterocycles. The van der Waals surface area contributed by atoms with Crippen molar-refractivity contribution in [3.8, 4) is 0 Å². The van der Waals surface area contributed by atoms with Gasteiger partial charge in [0.2, 0.25) is 5.13 Å². The van der Waals surface area contributed by atoms with E-state index in [-0.39, 0.29) is 11.7 Å². The molecule has 1 N–H and O–H groups in total. The summed E-state index contributed by atoms with van der Waals surface area (Å²) < 4.78 is 1.06.